The molecule has 0 bridgehead atoms. The van der Waals surface area contributed by atoms with Gasteiger partial charge in [0.1, 0.15) is 5.82 Å². The first-order valence-corrected chi connectivity index (χ1v) is 10.00. The summed E-state index contributed by atoms with van der Waals surface area (Å²) in [5, 5.41) is 7.31. The number of rotatable bonds is 3. The van der Waals surface area contributed by atoms with Gasteiger partial charge in [0.2, 0.25) is 0 Å². The molecule has 2 aliphatic heterocycles. The van der Waals surface area contributed by atoms with Gasteiger partial charge in [-0.1, -0.05) is 0 Å². The average molecular weight is 387 g/mol. The van der Waals surface area contributed by atoms with Crippen LogP contribution in [0.2, 0.25) is 0 Å². The Hall–Kier alpha value is -2.23. The SMILES string of the molecule is O=C1NC(=O)C(=Cc2cc(-c3cncc(N4CCCNCC4)n3)cs2)S1. The Labute approximate surface area is 158 Å². The number of nitrogens with one attached hydrogen (secondary N) is 2. The zero-order chi connectivity index (χ0) is 17.9. The lowest BCUT2D eigenvalue weighted by atomic mass is 10.2. The van der Waals surface area contributed by atoms with E-state index in [1.165, 1.54) is 11.3 Å². The normalized spacial score (nSPS) is 19.7. The highest BCUT2D eigenvalue weighted by Crippen LogP contribution is 2.30. The van der Waals surface area contributed by atoms with Gasteiger partial charge in [0.25, 0.3) is 11.1 Å². The predicted molar refractivity (Wildman–Crippen MR) is 104 cm³/mol. The second kappa shape index (κ2) is 7.56. The van der Waals surface area contributed by atoms with Crippen LogP contribution in [0.25, 0.3) is 17.3 Å². The van der Waals surface area contributed by atoms with Crippen molar-refractivity contribution in [2.24, 2.45) is 0 Å². The number of anilines is 1. The number of nitrogens with zero attached hydrogens (tertiary/aromatic N) is 3. The van der Waals surface area contributed by atoms with Crippen LogP contribution in [0, 0.1) is 0 Å². The average Bonchev–Trinajstić information content (AvgIpc) is 3.11. The van der Waals surface area contributed by atoms with Crippen molar-refractivity contribution in [3.63, 3.8) is 0 Å². The lowest BCUT2D eigenvalue weighted by Crippen LogP contribution is -2.28. The zero-order valence-corrected chi connectivity index (χ0v) is 15.5. The van der Waals surface area contributed by atoms with Crippen molar-refractivity contribution in [1.82, 2.24) is 20.6 Å². The first-order chi connectivity index (χ1) is 12.7. The Morgan fingerprint density at radius 2 is 2.12 bits per heavy atom. The molecule has 4 rings (SSSR count). The van der Waals surface area contributed by atoms with Crippen molar-refractivity contribution in [2.45, 2.75) is 6.42 Å². The molecule has 2 aliphatic rings. The van der Waals surface area contributed by atoms with E-state index in [4.69, 9.17) is 4.98 Å². The van der Waals surface area contributed by atoms with Crippen LogP contribution >= 0.6 is 23.1 Å². The number of imide groups is 1. The minimum absolute atomic E-state index is 0.330. The van der Waals surface area contributed by atoms with Crippen molar-refractivity contribution in [1.29, 1.82) is 0 Å². The minimum atomic E-state index is -0.341. The number of thiophene rings is 1. The smallest absolute Gasteiger partial charge is 0.290 e. The summed E-state index contributed by atoms with van der Waals surface area (Å²) < 4.78 is 0. The molecule has 134 valence electrons. The van der Waals surface area contributed by atoms with Crippen LogP contribution in [0.4, 0.5) is 10.6 Å². The molecule has 0 aliphatic carbocycles. The molecule has 2 amide bonds. The van der Waals surface area contributed by atoms with Crippen molar-refractivity contribution in [3.8, 4) is 11.3 Å². The van der Waals surface area contributed by atoms with Crippen LogP contribution in [0.3, 0.4) is 0 Å². The number of hydrogen-bond donors (Lipinski definition) is 2. The Kier molecular flexibility index (Phi) is 5.00. The van der Waals surface area contributed by atoms with Gasteiger partial charge in [-0.2, -0.15) is 0 Å². The number of amides is 2. The Morgan fingerprint density at radius 3 is 2.96 bits per heavy atom. The van der Waals surface area contributed by atoms with E-state index in [1.807, 2.05) is 11.4 Å². The summed E-state index contributed by atoms with van der Waals surface area (Å²) in [5.41, 5.74) is 1.76. The summed E-state index contributed by atoms with van der Waals surface area (Å²) in [6.07, 6.45) is 6.37. The lowest BCUT2D eigenvalue weighted by molar-refractivity contribution is -0.115. The standard InChI is InChI=1S/C17H17N5O2S2/c23-16-14(26-17(24)21-16)7-12-6-11(10-25-12)13-8-19-9-15(20-13)22-4-1-2-18-3-5-22/h6-10,18H,1-5H2,(H,21,23,24). The molecule has 2 fully saturated rings. The molecule has 2 saturated heterocycles. The van der Waals surface area contributed by atoms with Crippen LogP contribution in [-0.2, 0) is 4.79 Å². The number of carbonyl (C=O) groups is 2. The summed E-state index contributed by atoms with van der Waals surface area (Å²) in [6, 6.07) is 1.96. The van der Waals surface area contributed by atoms with Crippen molar-refractivity contribution in [3.05, 3.63) is 33.6 Å². The zero-order valence-electron chi connectivity index (χ0n) is 13.9. The van der Waals surface area contributed by atoms with E-state index < -0.39 is 0 Å². The van der Waals surface area contributed by atoms with E-state index in [-0.39, 0.29) is 11.1 Å². The summed E-state index contributed by atoms with van der Waals surface area (Å²) in [4.78, 5) is 35.6. The Balaban J connectivity index is 1.56. The van der Waals surface area contributed by atoms with Gasteiger partial charge in [0.05, 0.1) is 23.0 Å². The van der Waals surface area contributed by atoms with Crippen LogP contribution in [0.1, 0.15) is 11.3 Å². The largest absolute Gasteiger partial charge is 0.354 e. The van der Waals surface area contributed by atoms with Gasteiger partial charge in [-0.3, -0.25) is 19.9 Å². The second-order valence-corrected chi connectivity index (χ2v) is 7.90. The van der Waals surface area contributed by atoms with Gasteiger partial charge in [-0.05, 0) is 36.9 Å². The van der Waals surface area contributed by atoms with Gasteiger partial charge < -0.3 is 10.2 Å². The monoisotopic (exact) mass is 387 g/mol. The highest BCUT2D eigenvalue weighted by Gasteiger charge is 2.25. The fourth-order valence-electron chi connectivity index (χ4n) is 2.84. The maximum absolute atomic E-state index is 11.7. The molecule has 0 radical (unpaired) electrons. The summed E-state index contributed by atoms with van der Waals surface area (Å²) >= 11 is 2.43. The summed E-state index contributed by atoms with van der Waals surface area (Å²) in [5.74, 6) is 0.542. The number of aromatic nitrogens is 2. The number of carbonyl (C=O) groups excluding carboxylic acids is 2. The van der Waals surface area contributed by atoms with Gasteiger partial charge in [-0.15, -0.1) is 11.3 Å². The lowest BCUT2D eigenvalue weighted by Gasteiger charge is -2.20. The second-order valence-electron chi connectivity index (χ2n) is 5.94. The molecular weight excluding hydrogens is 370 g/mol. The van der Waals surface area contributed by atoms with E-state index >= 15 is 0 Å². The van der Waals surface area contributed by atoms with E-state index in [1.54, 1.807) is 18.5 Å². The molecule has 0 unspecified atom stereocenters. The van der Waals surface area contributed by atoms with Crippen molar-refractivity contribution in [2.75, 3.05) is 31.1 Å². The van der Waals surface area contributed by atoms with E-state index in [0.717, 1.165) is 66.3 Å². The van der Waals surface area contributed by atoms with Crippen LogP contribution < -0.4 is 15.5 Å². The van der Waals surface area contributed by atoms with E-state index in [2.05, 4.69) is 20.5 Å². The third-order valence-electron chi connectivity index (χ3n) is 4.12. The summed E-state index contributed by atoms with van der Waals surface area (Å²) in [7, 11) is 0. The molecule has 0 atom stereocenters. The third-order valence-corrected chi connectivity index (χ3v) is 5.81. The van der Waals surface area contributed by atoms with Crippen molar-refractivity contribution < 1.29 is 9.59 Å². The van der Waals surface area contributed by atoms with Crippen LogP contribution in [0.15, 0.2) is 28.7 Å². The molecule has 7 nitrogen and oxygen atoms in total. The molecule has 0 aromatic carbocycles. The Morgan fingerprint density at radius 1 is 1.19 bits per heavy atom. The molecule has 4 heterocycles. The van der Waals surface area contributed by atoms with Gasteiger partial charge in [0.15, 0.2) is 0 Å². The molecule has 2 aromatic heterocycles. The molecule has 9 heteroatoms. The summed E-state index contributed by atoms with van der Waals surface area (Å²) in [6.45, 7) is 3.85. The maximum Gasteiger partial charge on any atom is 0.290 e. The molecular formula is C17H17N5O2S2. The molecule has 0 spiro atoms. The fourth-order valence-corrected chi connectivity index (χ4v) is 4.42. The fraction of sp³-hybridized carbons (Fsp3) is 0.294. The highest BCUT2D eigenvalue weighted by molar-refractivity contribution is 8.18. The van der Waals surface area contributed by atoms with Gasteiger partial charge in [-0.25, -0.2) is 4.98 Å². The van der Waals surface area contributed by atoms with Crippen LogP contribution in [-0.4, -0.2) is 47.3 Å². The third kappa shape index (κ3) is 3.79. The van der Waals surface area contributed by atoms with Crippen molar-refractivity contribution >= 4 is 46.1 Å². The molecule has 2 N–H and O–H groups in total. The first-order valence-electron chi connectivity index (χ1n) is 8.30. The molecule has 26 heavy (non-hydrogen) atoms. The number of thioether (sulfide) groups is 1. The molecule has 0 saturated carbocycles. The number of hydrogen-bond acceptors (Lipinski definition) is 8. The topological polar surface area (TPSA) is 87.2 Å². The van der Waals surface area contributed by atoms with Gasteiger partial charge in [0, 0.05) is 35.5 Å². The van der Waals surface area contributed by atoms with E-state index in [9.17, 15) is 9.59 Å². The highest BCUT2D eigenvalue weighted by atomic mass is 32.2. The maximum atomic E-state index is 11.7. The van der Waals surface area contributed by atoms with Crippen LogP contribution in [0.5, 0.6) is 0 Å². The van der Waals surface area contributed by atoms with Gasteiger partial charge >= 0.3 is 0 Å². The van der Waals surface area contributed by atoms with E-state index in [0.29, 0.717) is 4.91 Å². The quantitative estimate of drug-likeness (QED) is 0.782. The minimum Gasteiger partial charge on any atom is -0.354 e. The Bertz CT molecular complexity index is 872. The molecule has 2 aromatic rings. The first kappa shape index (κ1) is 17.2. The predicted octanol–water partition coefficient (Wildman–Crippen LogP) is 2.33.